The maximum atomic E-state index is 12.6. The van der Waals surface area contributed by atoms with Crippen LogP contribution < -0.4 is 5.69 Å². The molecule has 0 atom stereocenters. The zero-order valence-electron chi connectivity index (χ0n) is 20.8. The molecule has 5 aromatic rings. The Morgan fingerprint density at radius 1 is 0.947 bits per heavy atom. The minimum absolute atomic E-state index is 0.0201. The molecule has 0 amide bonds. The molecule has 6 rings (SSSR count). The van der Waals surface area contributed by atoms with Gasteiger partial charge in [0.15, 0.2) is 0 Å². The summed E-state index contributed by atoms with van der Waals surface area (Å²) in [6.45, 7) is 10.2. The molecular formula is C31H26ClN5O. The largest absolute Gasteiger partial charge is 0.326 e. The van der Waals surface area contributed by atoms with Crippen molar-refractivity contribution in [1.29, 1.82) is 0 Å². The fraction of sp³-hybridized carbons (Fsp3) is 0.194. The second kappa shape index (κ2) is 10.3. The lowest BCUT2D eigenvalue weighted by Crippen LogP contribution is -2.36. The minimum atomic E-state index is -0.0201. The molecule has 7 heteroatoms. The summed E-state index contributed by atoms with van der Waals surface area (Å²) in [6, 6.07) is 28.3. The minimum Gasteiger partial charge on any atom is -0.306 e. The first-order chi connectivity index (χ1) is 18.6. The highest BCUT2D eigenvalue weighted by Crippen LogP contribution is 2.37. The number of aromatic amines is 1. The predicted octanol–water partition coefficient (Wildman–Crippen LogP) is 7.10. The molecule has 38 heavy (non-hydrogen) atoms. The van der Waals surface area contributed by atoms with Gasteiger partial charge in [-0.2, -0.15) is 0 Å². The first-order valence-electron chi connectivity index (χ1n) is 12.7. The van der Waals surface area contributed by atoms with Crippen molar-refractivity contribution in [2.45, 2.75) is 25.4 Å². The van der Waals surface area contributed by atoms with Crippen LogP contribution in [0.4, 0.5) is 5.69 Å². The number of imidazole rings is 1. The van der Waals surface area contributed by atoms with Gasteiger partial charge in [0.1, 0.15) is 5.15 Å². The summed E-state index contributed by atoms with van der Waals surface area (Å²) < 4.78 is 1.93. The Morgan fingerprint density at radius 2 is 1.66 bits per heavy atom. The zero-order chi connectivity index (χ0) is 26.1. The van der Waals surface area contributed by atoms with E-state index in [-0.39, 0.29) is 16.9 Å². The van der Waals surface area contributed by atoms with Gasteiger partial charge in [0.05, 0.1) is 23.3 Å². The van der Waals surface area contributed by atoms with Crippen LogP contribution in [-0.4, -0.2) is 32.5 Å². The third-order valence-corrected chi connectivity index (χ3v) is 7.62. The molecule has 0 spiro atoms. The van der Waals surface area contributed by atoms with E-state index in [0.29, 0.717) is 5.69 Å². The van der Waals surface area contributed by atoms with Crippen molar-refractivity contribution in [3.63, 3.8) is 0 Å². The van der Waals surface area contributed by atoms with Gasteiger partial charge in [0.2, 0.25) is 5.69 Å². The summed E-state index contributed by atoms with van der Waals surface area (Å²) in [5, 5.41) is 0.218. The lowest BCUT2D eigenvalue weighted by molar-refractivity contribution is 0.180. The van der Waals surface area contributed by atoms with Crippen LogP contribution >= 0.6 is 11.6 Å². The molecule has 1 N–H and O–H groups in total. The van der Waals surface area contributed by atoms with Crippen LogP contribution in [0.15, 0.2) is 89.7 Å². The molecule has 3 aromatic carbocycles. The normalized spacial score (nSPS) is 14.5. The van der Waals surface area contributed by atoms with Crippen LogP contribution in [0.1, 0.15) is 24.4 Å². The van der Waals surface area contributed by atoms with Crippen molar-refractivity contribution in [2.24, 2.45) is 0 Å². The molecular weight excluding hydrogens is 494 g/mol. The monoisotopic (exact) mass is 519 g/mol. The number of hydrogen-bond donors (Lipinski definition) is 1. The Bertz CT molecular complexity index is 1690. The molecule has 0 unspecified atom stereocenters. The average molecular weight is 520 g/mol. The number of nitrogens with one attached hydrogen (secondary N) is 1. The van der Waals surface area contributed by atoms with Gasteiger partial charge in [-0.3, -0.25) is 9.47 Å². The topological polar surface area (TPSA) is 58.3 Å². The number of pyridine rings is 1. The Balaban J connectivity index is 1.18. The highest BCUT2D eigenvalue weighted by Gasteiger charge is 2.23. The van der Waals surface area contributed by atoms with E-state index in [1.807, 2.05) is 65.2 Å². The predicted molar refractivity (Wildman–Crippen MR) is 152 cm³/mol. The van der Waals surface area contributed by atoms with Gasteiger partial charge in [-0.25, -0.2) is 14.6 Å². The van der Waals surface area contributed by atoms with E-state index in [1.165, 1.54) is 5.56 Å². The number of halogens is 1. The Labute approximate surface area is 226 Å². The van der Waals surface area contributed by atoms with Crippen LogP contribution in [0.25, 0.3) is 38.3 Å². The molecule has 2 aromatic heterocycles. The Hall–Kier alpha value is -4.18. The second-order valence-corrected chi connectivity index (χ2v) is 10.1. The summed E-state index contributed by atoms with van der Waals surface area (Å²) in [5.41, 5.74) is 7.06. The van der Waals surface area contributed by atoms with Gasteiger partial charge in [0, 0.05) is 31.2 Å². The molecule has 0 radical (unpaired) electrons. The zero-order valence-corrected chi connectivity index (χ0v) is 21.5. The number of rotatable bonds is 5. The van der Waals surface area contributed by atoms with Gasteiger partial charge in [-0.1, -0.05) is 78.3 Å². The molecule has 0 aliphatic carbocycles. The number of hydrogen-bond acceptors (Lipinski definition) is 3. The second-order valence-electron chi connectivity index (χ2n) is 9.69. The van der Waals surface area contributed by atoms with Crippen molar-refractivity contribution >= 4 is 28.3 Å². The molecule has 6 nitrogen and oxygen atoms in total. The Kier molecular flexibility index (Phi) is 6.55. The van der Waals surface area contributed by atoms with E-state index in [9.17, 15) is 4.79 Å². The molecule has 0 saturated carbocycles. The van der Waals surface area contributed by atoms with E-state index in [0.717, 1.165) is 65.9 Å². The van der Waals surface area contributed by atoms with Crippen molar-refractivity contribution in [3.8, 4) is 22.4 Å². The van der Waals surface area contributed by atoms with Crippen molar-refractivity contribution in [2.75, 3.05) is 13.1 Å². The number of likely N-dealkylation sites (tertiary alicyclic amines) is 1. The lowest BCUT2D eigenvalue weighted by Gasteiger charge is -2.32. The van der Waals surface area contributed by atoms with Crippen LogP contribution in [0.5, 0.6) is 0 Å². The fourth-order valence-electron chi connectivity index (χ4n) is 5.42. The molecule has 1 aliphatic heterocycles. The molecule has 188 valence electrons. The molecule has 1 fully saturated rings. The summed E-state index contributed by atoms with van der Waals surface area (Å²) in [6.07, 6.45) is 1.88. The number of nitrogens with zero attached hydrogens (tertiary/aromatic N) is 4. The summed E-state index contributed by atoms with van der Waals surface area (Å²) >= 11 is 6.33. The van der Waals surface area contributed by atoms with E-state index < -0.39 is 0 Å². The standard InChI is InChI=1S/C31H26ClN5O/c1-33-27-19-25(22-7-3-2-4-8-22)29(35-30(27)32)23-13-11-21(12-14-23)20-36-17-15-24(16-18-36)37-28-10-6-5-9-26(28)34-31(37)38/h2-14,19,24H,15-18,20H2,(H,34,38). The van der Waals surface area contributed by atoms with Gasteiger partial charge < -0.3 is 4.98 Å². The van der Waals surface area contributed by atoms with Crippen LogP contribution in [0.2, 0.25) is 5.15 Å². The van der Waals surface area contributed by atoms with Crippen molar-refractivity contribution in [3.05, 3.63) is 118 Å². The quantitative estimate of drug-likeness (QED) is 0.199. The first kappa shape index (κ1) is 24.2. The average Bonchev–Trinajstić information content (AvgIpc) is 3.30. The molecule has 1 saturated heterocycles. The number of fused-ring (bicyclic) bond motifs is 1. The summed E-state index contributed by atoms with van der Waals surface area (Å²) in [4.78, 5) is 26.2. The maximum absolute atomic E-state index is 12.6. The smallest absolute Gasteiger partial charge is 0.306 e. The first-order valence-corrected chi connectivity index (χ1v) is 13.1. The van der Waals surface area contributed by atoms with E-state index >= 15 is 0 Å². The SMILES string of the molecule is [C-]#[N+]c1cc(-c2ccccc2)c(-c2ccc(CN3CCC(n4c(=O)[nH]c5ccccc54)CC3)cc2)nc1Cl. The number of benzene rings is 3. The molecule has 3 heterocycles. The van der Waals surface area contributed by atoms with Crippen molar-refractivity contribution < 1.29 is 0 Å². The number of para-hydroxylation sites is 2. The molecule has 0 bridgehead atoms. The van der Waals surface area contributed by atoms with Gasteiger partial charge in [-0.05, 0) is 47.7 Å². The Morgan fingerprint density at radius 3 is 2.39 bits per heavy atom. The summed E-state index contributed by atoms with van der Waals surface area (Å²) in [5.74, 6) is 0. The lowest BCUT2D eigenvalue weighted by atomic mass is 9.98. The number of aromatic nitrogens is 3. The number of H-pyrrole nitrogens is 1. The van der Waals surface area contributed by atoms with Crippen LogP contribution in [0, 0.1) is 6.57 Å². The maximum Gasteiger partial charge on any atom is 0.326 e. The fourth-order valence-corrected chi connectivity index (χ4v) is 5.60. The number of piperidine rings is 1. The van der Waals surface area contributed by atoms with Crippen LogP contribution in [-0.2, 0) is 6.54 Å². The van der Waals surface area contributed by atoms with Gasteiger partial charge in [-0.15, -0.1) is 0 Å². The van der Waals surface area contributed by atoms with E-state index in [1.54, 1.807) is 0 Å². The van der Waals surface area contributed by atoms with Crippen LogP contribution in [0.3, 0.4) is 0 Å². The van der Waals surface area contributed by atoms with Gasteiger partial charge in [0.25, 0.3) is 0 Å². The third kappa shape index (κ3) is 4.63. The highest BCUT2D eigenvalue weighted by atomic mass is 35.5. The summed E-state index contributed by atoms with van der Waals surface area (Å²) in [7, 11) is 0. The molecule has 1 aliphatic rings. The van der Waals surface area contributed by atoms with Gasteiger partial charge >= 0.3 is 5.69 Å². The van der Waals surface area contributed by atoms with E-state index in [2.05, 4.69) is 44.0 Å². The van der Waals surface area contributed by atoms with E-state index in [4.69, 9.17) is 18.2 Å². The van der Waals surface area contributed by atoms with Crippen molar-refractivity contribution in [1.82, 2.24) is 19.4 Å². The highest BCUT2D eigenvalue weighted by molar-refractivity contribution is 6.32. The third-order valence-electron chi connectivity index (χ3n) is 7.34.